The molecule has 1 aromatic carbocycles. The molecule has 0 fully saturated rings. The van der Waals surface area contributed by atoms with Gasteiger partial charge in [0, 0.05) is 18.9 Å². The molecular formula is C13H11FN2O2. The normalized spacial score (nSPS) is 10.1. The van der Waals surface area contributed by atoms with Gasteiger partial charge in [0.1, 0.15) is 5.75 Å². The summed E-state index contributed by atoms with van der Waals surface area (Å²) in [7, 11) is 1.54. The van der Waals surface area contributed by atoms with Crippen LogP contribution in [0.2, 0.25) is 0 Å². The molecule has 0 unspecified atom stereocenters. The van der Waals surface area contributed by atoms with E-state index in [1.54, 1.807) is 12.1 Å². The number of phenolic OH excluding ortho intramolecular Hbond substituents is 1. The number of carbonyl (C=O) groups is 1. The molecule has 0 aliphatic heterocycles. The first-order valence-electron chi connectivity index (χ1n) is 5.26. The number of pyridine rings is 1. The molecule has 0 aliphatic carbocycles. The first-order valence-corrected chi connectivity index (χ1v) is 5.26. The Hall–Kier alpha value is -2.43. The predicted octanol–water partition coefficient (Wildman–Crippen LogP) is 2.20. The summed E-state index contributed by atoms with van der Waals surface area (Å²) in [6.45, 7) is 0. The lowest BCUT2D eigenvalue weighted by Gasteiger charge is -2.17. The molecule has 0 bridgehead atoms. The van der Waals surface area contributed by atoms with Crippen molar-refractivity contribution >= 4 is 11.6 Å². The molecule has 92 valence electrons. The quantitative estimate of drug-likeness (QED) is 0.883. The number of aromatic nitrogens is 1. The highest BCUT2D eigenvalue weighted by atomic mass is 19.1. The Bertz CT molecular complexity index is 569. The highest BCUT2D eigenvalue weighted by Crippen LogP contribution is 2.19. The van der Waals surface area contributed by atoms with Crippen LogP contribution in [-0.2, 0) is 0 Å². The van der Waals surface area contributed by atoms with Gasteiger partial charge in [-0.3, -0.25) is 9.78 Å². The van der Waals surface area contributed by atoms with Crippen LogP contribution in [0.25, 0.3) is 0 Å². The van der Waals surface area contributed by atoms with Crippen LogP contribution in [0.1, 0.15) is 10.4 Å². The van der Waals surface area contributed by atoms with E-state index >= 15 is 0 Å². The van der Waals surface area contributed by atoms with Gasteiger partial charge in [-0.15, -0.1) is 0 Å². The SMILES string of the molecule is CN(C(=O)c1ccncc1F)c1ccc(O)cc1. The second-order valence-electron chi connectivity index (χ2n) is 3.74. The summed E-state index contributed by atoms with van der Waals surface area (Å²) in [4.78, 5) is 16.9. The Kier molecular flexibility index (Phi) is 3.23. The van der Waals surface area contributed by atoms with Crippen LogP contribution >= 0.6 is 0 Å². The average molecular weight is 246 g/mol. The van der Waals surface area contributed by atoms with E-state index in [1.165, 1.54) is 36.3 Å². The number of hydrogen-bond donors (Lipinski definition) is 1. The van der Waals surface area contributed by atoms with Crippen LogP contribution < -0.4 is 4.90 Å². The third kappa shape index (κ3) is 2.29. The van der Waals surface area contributed by atoms with E-state index in [4.69, 9.17) is 5.11 Å². The van der Waals surface area contributed by atoms with Crippen molar-refractivity contribution in [2.24, 2.45) is 0 Å². The number of phenols is 1. The lowest BCUT2D eigenvalue weighted by molar-refractivity contribution is 0.0989. The fraction of sp³-hybridized carbons (Fsp3) is 0.0769. The maximum Gasteiger partial charge on any atom is 0.261 e. The number of benzene rings is 1. The molecular weight excluding hydrogens is 235 g/mol. The largest absolute Gasteiger partial charge is 0.508 e. The smallest absolute Gasteiger partial charge is 0.261 e. The van der Waals surface area contributed by atoms with Gasteiger partial charge in [0.15, 0.2) is 5.82 Å². The van der Waals surface area contributed by atoms with E-state index in [1.807, 2.05) is 0 Å². The minimum Gasteiger partial charge on any atom is -0.508 e. The van der Waals surface area contributed by atoms with Gasteiger partial charge in [0.05, 0.1) is 11.8 Å². The lowest BCUT2D eigenvalue weighted by atomic mass is 10.2. The summed E-state index contributed by atoms with van der Waals surface area (Å²) in [5.41, 5.74) is 0.523. The van der Waals surface area contributed by atoms with Gasteiger partial charge in [-0.05, 0) is 30.3 Å². The van der Waals surface area contributed by atoms with E-state index in [-0.39, 0.29) is 11.3 Å². The standard InChI is InChI=1S/C13H11FN2O2/c1-16(9-2-4-10(17)5-3-9)13(18)11-6-7-15-8-12(11)14/h2-8,17H,1H3. The number of anilines is 1. The number of amides is 1. The molecule has 0 saturated heterocycles. The lowest BCUT2D eigenvalue weighted by Crippen LogP contribution is -2.27. The van der Waals surface area contributed by atoms with Crippen LogP contribution in [0.3, 0.4) is 0 Å². The van der Waals surface area contributed by atoms with Crippen molar-refractivity contribution in [3.05, 3.63) is 54.1 Å². The second-order valence-corrected chi connectivity index (χ2v) is 3.74. The highest BCUT2D eigenvalue weighted by Gasteiger charge is 2.17. The van der Waals surface area contributed by atoms with Crippen LogP contribution in [0.15, 0.2) is 42.7 Å². The van der Waals surface area contributed by atoms with Gasteiger partial charge in [-0.1, -0.05) is 0 Å². The van der Waals surface area contributed by atoms with Crippen molar-refractivity contribution < 1.29 is 14.3 Å². The number of carbonyl (C=O) groups excluding carboxylic acids is 1. The molecule has 1 aromatic heterocycles. The Morgan fingerprint density at radius 3 is 2.56 bits per heavy atom. The number of aromatic hydroxyl groups is 1. The topological polar surface area (TPSA) is 53.4 Å². The van der Waals surface area contributed by atoms with Crippen molar-refractivity contribution in [2.45, 2.75) is 0 Å². The molecule has 4 nitrogen and oxygen atoms in total. The minimum absolute atomic E-state index is 0.0411. The summed E-state index contributed by atoms with van der Waals surface area (Å²) in [6, 6.07) is 7.40. The Morgan fingerprint density at radius 2 is 1.94 bits per heavy atom. The molecule has 0 spiro atoms. The van der Waals surface area contributed by atoms with E-state index < -0.39 is 11.7 Å². The number of hydrogen-bond acceptors (Lipinski definition) is 3. The summed E-state index contributed by atoms with van der Waals surface area (Å²) < 4.78 is 13.4. The first-order chi connectivity index (χ1) is 8.59. The summed E-state index contributed by atoms with van der Waals surface area (Å²) in [5, 5.41) is 9.17. The number of halogens is 1. The van der Waals surface area contributed by atoms with E-state index in [9.17, 15) is 9.18 Å². The Labute approximate surface area is 103 Å². The molecule has 0 radical (unpaired) electrons. The third-order valence-corrected chi connectivity index (χ3v) is 2.54. The van der Waals surface area contributed by atoms with Gasteiger partial charge in [0.2, 0.25) is 0 Å². The molecule has 1 heterocycles. The van der Waals surface area contributed by atoms with Crippen molar-refractivity contribution in [3.8, 4) is 5.75 Å². The molecule has 18 heavy (non-hydrogen) atoms. The average Bonchev–Trinajstić information content (AvgIpc) is 2.38. The van der Waals surface area contributed by atoms with Gasteiger partial charge in [-0.25, -0.2) is 4.39 Å². The second kappa shape index (κ2) is 4.83. The number of nitrogens with zero attached hydrogens (tertiary/aromatic N) is 2. The number of rotatable bonds is 2. The molecule has 0 aliphatic rings. The summed E-state index contributed by atoms with van der Waals surface area (Å²) >= 11 is 0. The Balaban J connectivity index is 2.29. The van der Waals surface area contributed by atoms with Crippen molar-refractivity contribution in [1.82, 2.24) is 4.98 Å². The van der Waals surface area contributed by atoms with Gasteiger partial charge in [-0.2, -0.15) is 0 Å². The molecule has 5 heteroatoms. The van der Waals surface area contributed by atoms with Crippen molar-refractivity contribution in [3.63, 3.8) is 0 Å². The highest BCUT2D eigenvalue weighted by molar-refractivity contribution is 6.05. The van der Waals surface area contributed by atoms with Crippen molar-refractivity contribution in [1.29, 1.82) is 0 Å². The zero-order valence-corrected chi connectivity index (χ0v) is 9.67. The maximum absolute atomic E-state index is 13.4. The molecule has 0 atom stereocenters. The monoisotopic (exact) mass is 246 g/mol. The summed E-state index contributed by atoms with van der Waals surface area (Å²) in [6.07, 6.45) is 2.36. The zero-order chi connectivity index (χ0) is 13.1. The fourth-order valence-corrected chi connectivity index (χ4v) is 1.52. The van der Waals surface area contributed by atoms with E-state index in [0.717, 1.165) is 6.20 Å². The van der Waals surface area contributed by atoms with Gasteiger partial charge in [0.25, 0.3) is 5.91 Å². The van der Waals surface area contributed by atoms with E-state index in [0.29, 0.717) is 5.69 Å². The van der Waals surface area contributed by atoms with Gasteiger partial charge < -0.3 is 10.0 Å². The third-order valence-electron chi connectivity index (χ3n) is 2.54. The first kappa shape index (κ1) is 12.0. The minimum atomic E-state index is -0.659. The summed E-state index contributed by atoms with van der Waals surface area (Å²) in [5.74, 6) is -1.02. The molecule has 1 N–H and O–H groups in total. The van der Waals surface area contributed by atoms with Crippen LogP contribution in [0, 0.1) is 5.82 Å². The fourth-order valence-electron chi connectivity index (χ4n) is 1.52. The van der Waals surface area contributed by atoms with Crippen LogP contribution in [-0.4, -0.2) is 23.0 Å². The van der Waals surface area contributed by atoms with Crippen LogP contribution in [0.5, 0.6) is 5.75 Å². The van der Waals surface area contributed by atoms with Gasteiger partial charge >= 0.3 is 0 Å². The van der Waals surface area contributed by atoms with E-state index in [2.05, 4.69) is 4.98 Å². The zero-order valence-electron chi connectivity index (χ0n) is 9.67. The molecule has 0 saturated carbocycles. The molecule has 1 amide bonds. The van der Waals surface area contributed by atoms with Crippen molar-refractivity contribution in [2.75, 3.05) is 11.9 Å². The predicted molar refractivity (Wildman–Crippen MR) is 65.0 cm³/mol. The molecule has 2 aromatic rings. The van der Waals surface area contributed by atoms with Crippen LogP contribution in [0.4, 0.5) is 10.1 Å². The Morgan fingerprint density at radius 1 is 1.28 bits per heavy atom. The maximum atomic E-state index is 13.4. The molecule has 2 rings (SSSR count).